The average Bonchev–Trinajstić information content (AvgIpc) is 3.04. The minimum atomic E-state index is -4.32. The van der Waals surface area contributed by atoms with E-state index in [0.717, 1.165) is 55.4 Å². The lowest BCUT2D eigenvalue weighted by atomic mass is 10.00. The van der Waals surface area contributed by atoms with E-state index in [2.05, 4.69) is 48.1 Å². The van der Waals surface area contributed by atoms with Gasteiger partial charge in [-0.3, -0.25) is 0 Å². The van der Waals surface area contributed by atoms with Gasteiger partial charge in [0.2, 0.25) is 0 Å². The van der Waals surface area contributed by atoms with Crippen LogP contribution in [0.15, 0.2) is 85.2 Å². The summed E-state index contributed by atoms with van der Waals surface area (Å²) in [7, 11) is 0. The van der Waals surface area contributed by atoms with Gasteiger partial charge in [-0.25, -0.2) is 9.97 Å². The van der Waals surface area contributed by atoms with Gasteiger partial charge in [0.15, 0.2) is 5.82 Å². The highest BCUT2D eigenvalue weighted by molar-refractivity contribution is 5.55. The molecule has 0 saturated carbocycles. The van der Waals surface area contributed by atoms with Gasteiger partial charge in [-0.15, -0.1) is 0 Å². The maximum absolute atomic E-state index is 12.6. The van der Waals surface area contributed by atoms with E-state index in [1.54, 1.807) is 24.5 Å². The summed E-state index contributed by atoms with van der Waals surface area (Å²) >= 11 is 0. The highest BCUT2D eigenvalue weighted by atomic mass is 19.4. The summed E-state index contributed by atoms with van der Waals surface area (Å²) < 4.78 is 75.1. The minimum Gasteiger partial charge on any atom is -0.236 e. The summed E-state index contributed by atoms with van der Waals surface area (Å²) in [4.78, 5) is 8.33. The normalized spacial score (nSPS) is 11.7. The van der Waals surface area contributed by atoms with Crippen molar-refractivity contribution in [1.29, 1.82) is 0 Å². The Morgan fingerprint density at radius 1 is 0.435 bits per heavy atom. The predicted molar refractivity (Wildman–Crippen MR) is 173 cm³/mol. The third kappa shape index (κ3) is 13.0. The highest BCUT2D eigenvalue weighted by Crippen LogP contribution is 2.31. The highest BCUT2D eigenvalue weighted by Gasteiger charge is 2.30. The lowest BCUT2D eigenvalue weighted by Gasteiger charge is -2.08. The molecule has 2 nitrogen and oxygen atoms in total. The third-order valence-electron chi connectivity index (χ3n) is 7.79. The number of rotatable bonds is 14. The van der Waals surface area contributed by atoms with Crippen molar-refractivity contribution in [3.8, 4) is 11.4 Å². The van der Waals surface area contributed by atoms with Gasteiger partial charge in [0, 0.05) is 18.0 Å². The van der Waals surface area contributed by atoms with Crippen molar-refractivity contribution in [3.63, 3.8) is 0 Å². The van der Waals surface area contributed by atoms with Gasteiger partial charge >= 0.3 is 12.4 Å². The molecule has 46 heavy (non-hydrogen) atoms. The number of halogens is 6. The van der Waals surface area contributed by atoms with Gasteiger partial charge in [0.25, 0.3) is 0 Å². The van der Waals surface area contributed by atoms with Crippen molar-refractivity contribution in [3.05, 3.63) is 119 Å². The molecule has 0 radical (unpaired) electrons. The average molecular weight is 643 g/mol. The fourth-order valence-corrected chi connectivity index (χ4v) is 5.04. The van der Waals surface area contributed by atoms with Gasteiger partial charge in [-0.2, -0.15) is 26.3 Å². The van der Waals surface area contributed by atoms with Crippen LogP contribution in [0.2, 0.25) is 0 Å². The number of nitrogens with zero attached hydrogens (tertiary/aromatic N) is 2. The SMILES string of the molecule is CCCCCCCCCc1ccc(CCc2ccc(C(F)(F)F)cc2)cc1.CCCc1cnc(-c2ccc(C(F)(F)F)cc2)nc1. The van der Waals surface area contributed by atoms with Gasteiger partial charge in [-0.05, 0) is 78.6 Å². The van der Waals surface area contributed by atoms with E-state index >= 15 is 0 Å². The summed E-state index contributed by atoms with van der Waals surface area (Å²) in [5.74, 6) is 0.438. The Bertz CT molecular complexity index is 1390. The topological polar surface area (TPSA) is 25.8 Å². The molecule has 0 spiro atoms. The molecule has 0 aliphatic carbocycles. The molecule has 0 aliphatic heterocycles. The fourth-order valence-electron chi connectivity index (χ4n) is 5.04. The Labute approximate surface area is 269 Å². The summed E-state index contributed by atoms with van der Waals surface area (Å²) in [6, 6.07) is 19.0. The van der Waals surface area contributed by atoms with Crippen LogP contribution in [0.4, 0.5) is 26.3 Å². The molecule has 0 atom stereocenters. The van der Waals surface area contributed by atoms with Gasteiger partial charge < -0.3 is 0 Å². The molecule has 4 rings (SSSR count). The Hall–Kier alpha value is -3.68. The molecule has 1 heterocycles. The molecular weight excluding hydrogens is 598 g/mol. The number of unbranched alkanes of at least 4 members (excludes halogenated alkanes) is 6. The zero-order chi connectivity index (χ0) is 33.4. The van der Waals surface area contributed by atoms with E-state index < -0.39 is 23.5 Å². The summed E-state index contributed by atoms with van der Waals surface area (Å²) in [6.07, 6.45) is 8.75. The molecule has 0 unspecified atom stereocenters. The molecule has 248 valence electrons. The molecule has 0 bridgehead atoms. The van der Waals surface area contributed by atoms with Crippen LogP contribution in [-0.2, 0) is 38.0 Å². The van der Waals surface area contributed by atoms with Crippen LogP contribution in [0.5, 0.6) is 0 Å². The van der Waals surface area contributed by atoms with Gasteiger partial charge in [-0.1, -0.05) is 107 Å². The van der Waals surface area contributed by atoms with Crippen LogP contribution in [0.25, 0.3) is 11.4 Å². The summed E-state index contributed by atoms with van der Waals surface area (Å²) in [5, 5.41) is 0. The monoisotopic (exact) mass is 642 g/mol. The van der Waals surface area contributed by atoms with E-state index in [0.29, 0.717) is 11.4 Å². The van der Waals surface area contributed by atoms with Crippen LogP contribution < -0.4 is 0 Å². The number of aryl methyl sites for hydroxylation is 4. The van der Waals surface area contributed by atoms with Crippen molar-refractivity contribution in [1.82, 2.24) is 9.97 Å². The van der Waals surface area contributed by atoms with Crippen LogP contribution >= 0.6 is 0 Å². The first-order chi connectivity index (χ1) is 22.0. The molecular formula is C38H44F6N2. The standard InChI is InChI=1S/C24H31F3.C14H13F3N2/c1-2-3-4-5-6-7-8-9-20-10-12-21(13-11-20)14-15-22-16-18-23(19-17-22)24(25,26)27;1-2-3-10-8-18-13(19-9-10)11-4-6-12(7-5-11)14(15,16)17/h10-13,16-19H,2-9,14-15H2,1H3;4-9H,2-3H2,1H3. The van der Waals surface area contributed by atoms with Crippen molar-refractivity contribution in [2.24, 2.45) is 0 Å². The third-order valence-corrected chi connectivity index (χ3v) is 7.79. The van der Waals surface area contributed by atoms with E-state index in [4.69, 9.17) is 0 Å². The first-order valence-corrected chi connectivity index (χ1v) is 16.2. The molecule has 1 aromatic heterocycles. The van der Waals surface area contributed by atoms with Gasteiger partial charge in [0.05, 0.1) is 11.1 Å². The Balaban J connectivity index is 0.000000266. The van der Waals surface area contributed by atoms with Crippen LogP contribution in [-0.4, -0.2) is 9.97 Å². The number of alkyl halides is 6. The second kappa shape index (κ2) is 18.5. The number of aromatic nitrogens is 2. The van der Waals surface area contributed by atoms with Crippen LogP contribution in [0.1, 0.15) is 98.6 Å². The van der Waals surface area contributed by atoms with E-state index in [1.807, 2.05) is 0 Å². The zero-order valence-corrected chi connectivity index (χ0v) is 26.7. The Morgan fingerprint density at radius 2 is 0.848 bits per heavy atom. The number of benzene rings is 3. The van der Waals surface area contributed by atoms with Crippen LogP contribution in [0.3, 0.4) is 0 Å². The van der Waals surface area contributed by atoms with Crippen molar-refractivity contribution in [2.45, 2.75) is 103 Å². The lowest BCUT2D eigenvalue weighted by Crippen LogP contribution is -2.04. The van der Waals surface area contributed by atoms with E-state index in [9.17, 15) is 26.3 Å². The quantitative estimate of drug-likeness (QED) is 0.101. The van der Waals surface area contributed by atoms with Crippen LogP contribution in [0, 0.1) is 0 Å². The number of hydrogen-bond donors (Lipinski definition) is 0. The van der Waals surface area contributed by atoms with Gasteiger partial charge in [0.1, 0.15) is 0 Å². The summed E-state index contributed by atoms with van der Waals surface area (Å²) in [5.41, 5.74) is 3.91. The number of hydrogen-bond acceptors (Lipinski definition) is 2. The van der Waals surface area contributed by atoms with Crippen molar-refractivity contribution < 1.29 is 26.3 Å². The van der Waals surface area contributed by atoms with Crippen molar-refractivity contribution in [2.75, 3.05) is 0 Å². The first-order valence-electron chi connectivity index (χ1n) is 16.2. The minimum absolute atomic E-state index is 0.438. The second-order valence-electron chi connectivity index (χ2n) is 11.6. The zero-order valence-electron chi connectivity index (χ0n) is 26.7. The van der Waals surface area contributed by atoms with E-state index in [-0.39, 0.29) is 0 Å². The maximum Gasteiger partial charge on any atom is 0.416 e. The molecule has 0 saturated heterocycles. The molecule has 0 N–H and O–H groups in total. The summed E-state index contributed by atoms with van der Waals surface area (Å²) in [6.45, 7) is 4.30. The Morgan fingerprint density at radius 3 is 1.30 bits per heavy atom. The largest absolute Gasteiger partial charge is 0.416 e. The molecule has 0 amide bonds. The lowest BCUT2D eigenvalue weighted by molar-refractivity contribution is -0.138. The fraction of sp³-hybridized carbons (Fsp3) is 0.421. The molecule has 4 aromatic rings. The maximum atomic E-state index is 12.6. The first kappa shape index (κ1) is 36.8. The molecule has 8 heteroatoms. The van der Waals surface area contributed by atoms with Crippen molar-refractivity contribution >= 4 is 0 Å². The molecule has 0 aliphatic rings. The second-order valence-corrected chi connectivity index (χ2v) is 11.6. The Kier molecular flexibility index (Phi) is 14.8. The van der Waals surface area contributed by atoms with E-state index in [1.165, 1.54) is 80.3 Å². The predicted octanol–water partition coefficient (Wildman–Crippen LogP) is 11.9. The molecule has 3 aromatic carbocycles. The molecule has 0 fully saturated rings. The smallest absolute Gasteiger partial charge is 0.236 e.